The molecular formula is C16H21ClN2O4S. The number of hydrogen-bond donors (Lipinski definition) is 1. The average molecular weight is 373 g/mol. The monoisotopic (exact) mass is 372 g/mol. The fraction of sp³-hybridized carbons (Fsp3) is 0.500. The molecule has 1 aliphatic rings. The second kappa shape index (κ2) is 7.11. The van der Waals surface area contributed by atoms with Crippen molar-refractivity contribution in [2.75, 3.05) is 13.1 Å². The van der Waals surface area contributed by atoms with Crippen LogP contribution in [0.15, 0.2) is 29.2 Å². The van der Waals surface area contributed by atoms with Gasteiger partial charge in [0.1, 0.15) is 4.90 Å². The molecule has 0 radical (unpaired) electrons. The molecule has 0 spiro atoms. The molecule has 1 aliphatic heterocycles. The van der Waals surface area contributed by atoms with Crippen LogP contribution >= 0.6 is 11.6 Å². The average Bonchev–Trinajstić information content (AvgIpc) is 2.54. The summed E-state index contributed by atoms with van der Waals surface area (Å²) < 4.78 is 27.0. The maximum absolute atomic E-state index is 12.6. The van der Waals surface area contributed by atoms with Gasteiger partial charge in [-0.05, 0) is 31.9 Å². The minimum atomic E-state index is -4.06. The Morgan fingerprint density at radius 3 is 2.62 bits per heavy atom. The molecule has 2 amide bonds. The molecule has 24 heavy (non-hydrogen) atoms. The lowest BCUT2D eigenvalue weighted by molar-refractivity contribution is -0.139. The summed E-state index contributed by atoms with van der Waals surface area (Å²) in [5.74, 6) is -0.654. The van der Waals surface area contributed by atoms with Gasteiger partial charge >= 0.3 is 0 Å². The first-order valence-corrected chi connectivity index (χ1v) is 9.65. The van der Waals surface area contributed by atoms with E-state index >= 15 is 0 Å². The lowest BCUT2D eigenvalue weighted by Crippen LogP contribution is -2.52. The Balaban J connectivity index is 2.19. The van der Waals surface area contributed by atoms with Gasteiger partial charge in [0.25, 0.3) is 10.0 Å². The Bertz CT molecular complexity index is 750. The quantitative estimate of drug-likeness (QED) is 0.878. The van der Waals surface area contributed by atoms with Gasteiger partial charge in [-0.2, -0.15) is 0 Å². The van der Waals surface area contributed by atoms with Crippen LogP contribution in [-0.2, 0) is 19.6 Å². The number of halogens is 1. The second-order valence-corrected chi connectivity index (χ2v) is 8.26. The number of carbonyl (C=O) groups excluding carboxylic acids is 2. The number of likely N-dealkylation sites (tertiary alicyclic amines) is 1. The lowest BCUT2D eigenvalue weighted by atomic mass is 9.81. The van der Waals surface area contributed by atoms with Crippen molar-refractivity contribution in [1.29, 1.82) is 0 Å². The Labute approximate surface area is 147 Å². The smallest absolute Gasteiger partial charge is 0.265 e. The van der Waals surface area contributed by atoms with Gasteiger partial charge in [-0.1, -0.05) is 30.7 Å². The van der Waals surface area contributed by atoms with E-state index in [1.807, 2.05) is 0 Å². The molecule has 132 valence electrons. The number of nitrogens with one attached hydrogen (secondary N) is 1. The molecule has 0 saturated carbocycles. The van der Waals surface area contributed by atoms with Crippen LogP contribution in [0.1, 0.15) is 33.1 Å². The highest BCUT2D eigenvalue weighted by atomic mass is 35.5. The van der Waals surface area contributed by atoms with Crippen LogP contribution in [0.4, 0.5) is 0 Å². The predicted molar refractivity (Wildman–Crippen MR) is 91.0 cm³/mol. The van der Waals surface area contributed by atoms with Crippen LogP contribution in [0.5, 0.6) is 0 Å². The molecule has 1 aromatic carbocycles. The largest absolute Gasteiger partial charge is 0.342 e. The summed E-state index contributed by atoms with van der Waals surface area (Å²) in [5.41, 5.74) is -0.947. The number of nitrogens with zero attached hydrogens (tertiary/aromatic N) is 1. The molecule has 1 saturated heterocycles. The first-order valence-electron chi connectivity index (χ1n) is 7.79. The Kier molecular flexibility index (Phi) is 5.55. The molecule has 0 aromatic heterocycles. The van der Waals surface area contributed by atoms with Crippen LogP contribution in [0.3, 0.4) is 0 Å². The molecule has 1 unspecified atom stereocenters. The number of sulfonamides is 1. The van der Waals surface area contributed by atoms with E-state index in [1.54, 1.807) is 24.8 Å². The van der Waals surface area contributed by atoms with Gasteiger partial charge < -0.3 is 4.90 Å². The van der Waals surface area contributed by atoms with Gasteiger partial charge in [0.05, 0.1) is 10.4 Å². The van der Waals surface area contributed by atoms with E-state index in [0.29, 0.717) is 25.8 Å². The number of piperidine rings is 1. The number of carbonyl (C=O) groups is 2. The summed E-state index contributed by atoms with van der Waals surface area (Å²) in [5, 5.41) is 0.0504. The molecule has 0 bridgehead atoms. The normalized spacial score (nSPS) is 21.4. The molecule has 1 heterocycles. The van der Waals surface area contributed by atoms with Crippen molar-refractivity contribution in [2.45, 2.75) is 38.0 Å². The van der Waals surface area contributed by atoms with Crippen LogP contribution in [0.25, 0.3) is 0 Å². The minimum Gasteiger partial charge on any atom is -0.342 e. The predicted octanol–water partition coefficient (Wildman–Crippen LogP) is 2.18. The summed E-state index contributed by atoms with van der Waals surface area (Å²) in [6.07, 6.45) is 1.53. The molecule has 8 heteroatoms. The van der Waals surface area contributed by atoms with Crippen molar-refractivity contribution < 1.29 is 18.0 Å². The highest BCUT2D eigenvalue weighted by Crippen LogP contribution is 2.31. The van der Waals surface area contributed by atoms with Crippen molar-refractivity contribution in [1.82, 2.24) is 9.62 Å². The number of rotatable bonds is 4. The molecule has 1 aromatic rings. The zero-order valence-corrected chi connectivity index (χ0v) is 15.3. The van der Waals surface area contributed by atoms with Crippen LogP contribution in [-0.4, -0.2) is 38.2 Å². The van der Waals surface area contributed by atoms with E-state index in [4.69, 9.17) is 11.6 Å². The second-order valence-electron chi connectivity index (χ2n) is 6.20. The van der Waals surface area contributed by atoms with Crippen molar-refractivity contribution in [3.63, 3.8) is 0 Å². The topological polar surface area (TPSA) is 83.6 Å². The van der Waals surface area contributed by atoms with E-state index in [9.17, 15) is 18.0 Å². The van der Waals surface area contributed by atoms with Crippen LogP contribution in [0.2, 0.25) is 5.02 Å². The third kappa shape index (κ3) is 3.89. The standard InChI is InChI=1S/C16H21ClN2O4S/c1-3-14(20)19-10-6-9-16(2,11-19)15(21)18-24(22,23)13-8-5-4-7-12(13)17/h4-5,7-8H,3,6,9-11H2,1-2H3,(H,18,21). The summed E-state index contributed by atoms with van der Waals surface area (Å²) in [4.78, 5) is 26.0. The third-order valence-corrected chi connectivity index (χ3v) is 6.08. The van der Waals surface area contributed by atoms with Gasteiger partial charge in [-0.3, -0.25) is 9.59 Å². The molecular weight excluding hydrogens is 352 g/mol. The zero-order chi connectivity index (χ0) is 18.0. The fourth-order valence-corrected chi connectivity index (χ4v) is 4.45. The van der Waals surface area contributed by atoms with Crippen molar-refractivity contribution in [3.8, 4) is 0 Å². The molecule has 2 rings (SSSR count). The minimum absolute atomic E-state index is 0.0392. The summed E-state index contributed by atoms with van der Waals surface area (Å²) in [6, 6.07) is 5.94. The fourth-order valence-electron chi connectivity index (χ4n) is 2.82. The summed E-state index contributed by atoms with van der Waals surface area (Å²) >= 11 is 5.91. The van der Waals surface area contributed by atoms with Crippen LogP contribution < -0.4 is 4.72 Å². The highest BCUT2D eigenvalue weighted by molar-refractivity contribution is 7.90. The first-order chi connectivity index (χ1) is 11.2. The van der Waals surface area contributed by atoms with Gasteiger partial charge in [-0.15, -0.1) is 0 Å². The lowest BCUT2D eigenvalue weighted by Gasteiger charge is -2.39. The van der Waals surface area contributed by atoms with E-state index in [-0.39, 0.29) is 22.4 Å². The number of amides is 2. The Morgan fingerprint density at radius 1 is 1.33 bits per heavy atom. The van der Waals surface area contributed by atoms with E-state index in [1.165, 1.54) is 18.2 Å². The van der Waals surface area contributed by atoms with E-state index < -0.39 is 21.3 Å². The summed E-state index contributed by atoms with van der Waals surface area (Å²) in [6.45, 7) is 4.24. The molecule has 1 N–H and O–H groups in total. The Hall–Kier alpha value is -1.60. The van der Waals surface area contributed by atoms with Gasteiger partial charge in [-0.25, -0.2) is 13.1 Å². The first kappa shape index (κ1) is 18.7. The van der Waals surface area contributed by atoms with Crippen molar-refractivity contribution >= 4 is 33.4 Å². The zero-order valence-electron chi connectivity index (χ0n) is 13.7. The molecule has 0 aliphatic carbocycles. The number of hydrogen-bond acceptors (Lipinski definition) is 4. The molecule has 6 nitrogen and oxygen atoms in total. The number of benzene rings is 1. The summed E-state index contributed by atoms with van der Waals surface area (Å²) in [7, 11) is -4.06. The Morgan fingerprint density at radius 2 is 2.00 bits per heavy atom. The van der Waals surface area contributed by atoms with Crippen molar-refractivity contribution in [2.24, 2.45) is 5.41 Å². The van der Waals surface area contributed by atoms with Gasteiger partial charge in [0.2, 0.25) is 11.8 Å². The third-order valence-electron chi connectivity index (χ3n) is 4.25. The highest BCUT2D eigenvalue weighted by Gasteiger charge is 2.40. The van der Waals surface area contributed by atoms with Gasteiger partial charge in [0, 0.05) is 19.5 Å². The maximum atomic E-state index is 12.6. The molecule has 1 atom stereocenters. The molecule has 1 fully saturated rings. The van der Waals surface area contributed by atoms with Gasteiger partial charge in [0.15, 0.2) is 0 Å². The van der Waals surface area contributed by atoms with Crippen LogP contribution in [0, 0.1) is 5.41 Å². The maximum Gasteiger partial charge on any atom is 0.265 e. The van der Waals surface area contributed by atoms with Crippen molar-refractivity contribution in [3.05, 3.63) is 29.3 Å². The SMILES string of the molecule is CCC(=O)N1CCCC(C)(C(=O)NS(=O)(=O)c2ccccc2Cl)C1. The van der Waals surface area contributed by atoms with E-state index in [0.717, 1.165) is 0 Å². The van der Waals surface area contributed by atoms with E-state index in [2.05, 4.69) is 4.72 Å².